The smallest absolute Gasteiger partial charge is 0.251 e. The van der Waals surface area contributed by atoms with Gasteiger partial charge in [0.25, 0.3) is 5.91 Å². The molecule has 2 rings (SSSR count). The van der Waals surface area contributed by atoms with E-state index in [1.165, 1.54) is 0 Å². The van der Waals surface area contributed by atoms with Gasteiger partial charge < -0.3 is 20.1 Å². The van der Waals surface area contributed by atoms with E-state index in [9.17, 15) is 4.79 Å². The molecule has 1 aliphatic heterocycles. The molecule has 23 heavy (non-hydrogen) atoms. The van der Waals surface area contributed by atoms with Crippen molar-refractivity contribution in [2.75, 3.05) is 26.8 Å². The minimum absolute atomic E-state index is 0.0579. The molecule has 1 aromatic rings. The molecule has 128 valence electrons. The predicted molar refractivity (Wildman–Crippen MR) is 91.2 cm³/mol. The van der Waals surface area contributed by atoms with Crippen LogP contribution < -0.4 is 20.1 Å². The van der Waals surface area contributed by atoms with E-state index in [1.807, 2.05) is 6.07 Å². The summed E-state index contributed by atoms with van der Waals surface area (Å²) in [5, 5.41) is 6.47. The summed E-state index contributed by atoms with van der Waals surface area (Å²) in [6, 6.07) is 5.56. The Kier molecular flexibility index (Phi) is 6.28. The van der Waals surface area contributed by atoms with Gasteiger partial charge in [-0.15, -0.1) is 0 Å². The van der Waals surface area contributed by atoms with E-state index in [1.54, 1.807) is 19.2 Å². The van der Waals surface area contributed by atoms with Crippen LogP contribution in [0.15, 0.2) is 18.2 Å². The molecule has 0 aliphatic carbocycles. The topological polar surface area (TPSA) is 59.6 Å². The van der Waals surface area contributed by atoms with E-state index in [2.05, 4.69) is 31.4 Å². The summed E-state index contributed by atoms with van der Waals surface area (Å²) in [6.07, 6.45) is 0.958. The van der Waals surface area contributed by atoms with Crippen LogP contribution in [0.3, 0.4) is 0 Å². The van der Waals surface area contributed by atoms with E-state index in [-0.39, 0.29) is 11.9 Å². The predicted octanol–water partition coefficient (Wildman–Crippen LogP) is 2.46. The third kappa shape index (κ3) is 4.86. The number of methoxy groups -OCH3 is 1. The Balaban J connectivity index is 2.05. The Labute approximate surface area is 138 Å². The molecule has 0 aromatic heterocycles. The van der Waals surface area contributed by atoms with E-state index in [0.717, 1.165) is 19.5 Å². The molecule has 0 saturated carbocycles. The number of hydrogen-bond acceptors (Lipinski definition) is 4. The number of carbonyl (C=O) groups excluding carboxylic acids is 1. The molecule has 1 aromatic carbocycles. The van der Waals surface area contributed by atoms with Crippen molar-refractivity contribution in [3.8, 4) is 11.5 Å². The summed E-state index contributed by atoms with van der Waals surface area (Å²) in [5.41, 5.74) is 0.601. The van der Waals surface area contributed by atoms with E-state index >= 15 is 0 Å². The van der Waals surface area contributed by atoms with Crippen LogP contribution in [0.4, 0.5) is 0 Å². The lowest BCUT2D eigenvalue weighted by molar-refractivity contribution is 0.0913. The number of hydrogen-bond donors (Lipinski definition) is 2. The molecule has 5 nitrogen and oxygen atoms in total. The molecule has 2 N–H and O–H groups in total. The van der Waals surface area contributed by atoms with Crippen LogP contribution in [0.2, 0.25) is 0 Å². The van der Waals surface area contributed by atoms with Gasteiger partial charge in [0.2, 0.25) is 0 Å². The van der Waals surface area contributed by atoms with Crippen molar-refractivity contribution in [2.24, 2.45) is 11.8 Å². The quantitative estimate of drug-likeness (QED) is 0.845. The van der Waals surface area contributed by atoms with Gasteiger partial charge in [0.1, 0.15) is 0 Å². The number of carbonyl (C=O) groups is 1. The van der Waals surface area contributed by atoms with Gasteiger partial charge in [-0.1, -0.05) is 20.8 Å². The molecular formula is C18H28N2O3. The van der Waals surface area contributed by atoms with E-state index < -0.39 is 0 Å². The van der Waals surface area contributed by atoms with Gasteiger partial charge in [-0.2, -0.15) is 0 Å². The van der Waals surface area contributed by atoms with Gasteiger partial charge in [0, 0.05) is 11.6 Å². The molecule has 0 radical (unpaired) electrons. The zero-order chi connectivity index (χ0) is 16.8. The van der Waals surface area contributed by atoms with Crippen LogP contribution in [0.25, 0.3) is 0 Å². The van der Waals surface area contributed by atoms with Crippen molar-refractivity contribution in [2.45, 2.75) is 33.2 Å². The molecule has 1 heterocycles. The second-order valence-electron chi connectivity index (χ2n) is 6.62. The van der Waals surface area contributed by atoms with Gasteiger partial charge >= 0.3 is 0 Å². The molecule has 1 saturated heterocycles. The minimum Gasteiger partial charge on any atom is -0.493 e. The van der Waals surface area contributed by atoms with Gasteiger partial charge in [-0.05, 0) is 49.5 Å². The lowest BCUT2D eigenvalue weighted by Gasteiger charge is -2.30. The molecule has 5 heteroatoms. The maximum Gasteiger partial charge on any atom is 0.251 e. The number of rotatable bonds is 6. The second-order valence-corrected chi connectivity index (χ2v) is 6.62. The monoisotopic (exact) mass is 320 g/mol. The molecule has 2 unspecified atom stereocenters. The molecule has 0 bridgehead atoms. The molecule has 1 aliphatic rings. The van der Waals surface area contributed by atoms with Crippen molar-refractivity contribution in [1.82, 2.24) is 10.6 Å². The molecule has 1 fully saturated rings. The van der Waals surface area contributed by atoms with Crippen molar-refractivity contribution >= 4 is 5.91 Å². The summed E-state index contributed by atoms with van der Waals surface area (Å²) < 4.78 is 11.1. The average Bonchev–Trinajstić information content (AvgIpc) is 2.54. The first-order valence-electron chi connectivity index (χ1n) is 8.33. The Bertz CT molecular complexity index is 531. The average molecular weight is 320 g/mol. The fraction of sp³-hybridized carbons (Fsp3) is 0.611. The lowest BCUT2D eigenvalue weighted by Crippen LogP contribution is -2.48. The zero-order valence-electron chi connectivity index (χ0n) is 14.5. The van der Waals surface area contributed by atoms with Crippen molar-refractivity contribution in [3.63, 3.8) is 0 Å². The number of nitrogens with one attached hydrogen (secondary N) is 2. The van der Waals surface area contributed by atoms with Crippen LogP contribution >= 0.6 is 0 Å². The maximum absolute atomic E-state index is 12.5. The van der Waals surface area contributed by atoms with Gasteiger partial charge in [-0.3, -0.25) is 4.79 Å². The first kappa shape index (κ1) is 17.6. The standard InChI is InChI=1S/C18H28N2O3/c1-12(2)11-23-16-6-5-14(9-17(16)22-4)18(21)20-15-7-8-19-10-13(15)3/h5-6,9,12-13,15,19H,7-8,10-11H2,1-4H3,(H,20,21). The van der Waals surface area contributed by atoms with E-state index in [4.69, 9.17) is 9.47 Å². The highest BCUT2D eigenvalue weighted by Gasteiger charge is 2.23. The van der Waals surface area contributed by atoms with Crippen molar-refractivity contribution in [1.29, 1.82) is 0 Å². The third-order valence-corrected chi connectivity index (χ3v) is 4.10. The number of piperidine rings is 1. The van der Waals surface area contributed by atoms with Gasteiger partial charge in [0.15, 0.2) is 11.5 Å². The summed E-state index contributed by atoms with van der Waals surface area (Å²) >= 11 is 0. The number of ether oxygens (including phenoxy) is 2. The number of amides is 1. The SMILES string of the molecule is COc1cc(C(=O)NC2CCNCC2C)ccc1OCC(C)C. The lowest BCUT2D eigenvalue weighted by atomic mass is 9.95. The summed E-state index contributed by atoms with van der Waals surface area (Å²) in [5.74, 6) is 2.08. The van der Waals surface area contributed by atoms with Gasteiger partial charge in [0.05, 0.1) is 13.7 Å². The minimum atomic E-state index is -0.0579. The molecular weight excluding hydrogens is 292 g/mol. The zero-order valence-corrected chi connectivity index (χ0v) is 14.5. The normalized spacial score (nSPS) is 21.1. The van der Waals surface area contributed by atoms with Crippen molar-refractivity contribution in [3.05, 3.63) is 23.8 Å². The highest BCUT2D eigenvalue weighted by Crippen LogP contribution is 2.28. The molecule has 1 amide bonds. The Morgan fingerprint density at radius 3 is 2.83 bits per heavy atom. The van der Waals surface area contributed by atoms with Crippen LogP contribution in [-0.4, -0.2) is 38.8 Å². The first-order valence-corrected chi connectivity index (χ1v) is 8.33. The van der Waals surface area contributed by atoms with Crippen LogP contribution in [0.5, 0.6) is 11.5 Å². The number of benzene rings is 1. The fourth-order valence-corrected chi connectivity index (χ4v) is 2.66. The fourth-order valence-electron chi connectivity index (χ4n) is 2.66. The summed E-state index contributed by atoms with van der Waals surface area (Å²) in [7, 11) is 1.59. The summed E-state index contributed by atoms with van der Waals surface area (Å²) in [6.45, 7) is 8.84. The largest absolute Gasteiger partial charge is 0.493 e. The first-order chi connectivity index (χ1) is 11.0. The van der Waals surface area contributed by atoms with Crippen LogP contribution in [0, 0.1) is 11.8 Å². The van der Waals surface area contributed by atoms with Gasteiger partial charge in [-0.25, -0.2) is 0 Å². The van der Waals surface area contributed by atoms with E-state index in [0.29, 0.717) is 35.5 Å². The Morgan fingerprint density at radius 1 is 1.39 bits per heavy atom. The molecule has 2 atom stereocenters. The highest BCUT2D eigenvalue weighted by molar-refractivity contribution is 5.95. The second kappa shape index (κ2) is 8.20. The molecule has 0 spiro atoms. The Morgan fingerprint density at radius 2 is 2.17 bits per heavy atom. The van der Waals surface area contributed by atoms with Crippen molar-refractivity contribution < 1.29 is 14.3 Å². The Hall–Kier alpha value is -1.75. The highest BCUT2D eigenvalue weighted by atomic mass is 16.5. The third-order valence-electron chi connectivity index (χ3n) is 4.10. The maximum atomic E-state index is 12.5. The summed E-state index contributed by atoms with van der Waals surface area (Å²) in [4.78, 5) is 12.5. The van der Waals surface area contributed by atoms with Crippen LogP contribution in [0.1, 0.15) is 37.6 Å². The van der Waals surface area contributed by atoms with Crippen LogP contribution in [-0.2, 0) is 0 Å².